The summed E-state index contributed by atoms with van der Waals surface area (Å²) in [6.45, 7) is 1.78. The van der Waals surface area contributed by atoms with Crippen LogP contribution < -0.4 is 0 Å². The van der Waals surface area contributed by atoms with Crippen molar-refractivity contribution in [1.29, 1.82) is 0 Å². The second-order valence-electron chi connectivity index (χ2n) is 2.94. The molecule has 0 bridgehead atoms. The van der Waals surface area contributed by atoms with E-state index >= 15 is 0 Å². The minimum absolute atomic E-state index is 0.189. The van der Waals surface area contributed by atoms with Crippen LogP contribution in [0.2, 0.25) is 0 Å². The first-order chi connectivity index (χ1) is 6.81. The molecule has 0 spiro atoms. The predicted molar refractivity (Wildman–Crippen MR) is 49.8 cm³/mol. The fourth-order valence-electron chi connectivity index (χ4n) is 1.20. The van der Waals surface area contributed by atoms with E-state index in [1.54, 1.807) is 0 Å². The molecule has 0 atom stereocenters. The largest absolute Gasteiger partial charge is 0.388 e. The average Bonchev–Trinajstić information content (AvgIpc) is 2.67. The van der Waals surface area contributed by atoms with E-state index in [0.717, 1.165) is 11.3 Å². The zero-order valence-electron chi connectivity index (χ0n) is 7.75. The number of hydrogen-bond acceptors (Lipinski definition) is 4. The number of benzene rings is 1. The summed E-state index contributed by atoms with van der Waals surface area (Å²) in [7, 11) is 0. The standard InChI is InChI=1S/C9H10N4O/c1-7-4-2-3-5-8(7)13-11-9(6-14)10-12-13/h2-5,14H,6H2,1H3. The highest BCUT2D eigenvalue weighted by Crippen LogP contribution is 2.09. The van der Waals surface area contributed by atoms with Crippen LogP contribution >= 0.6 is 0 Å². The molecule has 1 aromatic heterocycles. The molecule has 0 aliphatic heterocycles. The first kappa shape index (κ1) is 8.83. The maximum Gasteiger partial charge on any atom is 0.200 e. The van der Waals surface area contributed by atoms with Crippen LogP contribution in [0, 0.1) is 6.92 Å². The number of aromatic nitrogens is 4. The van der Waals surface area contributed by atoms with E-state index in [0.29, 0.717) is 5.82 Å². The van der Waals surface area contributed by atoms with Crippen LogP contribution in [0.25, 0.3) is 5.69 Å². The molecule has 14 heavy (non-hydrogen) atoms. The van der Waals surface area contributed by atoms with Crippen LogP contribution in [0.15, 0.2) is 24.3 Å². The zero-order chi connectivity index (χ0) is 9.97. The van der Waals surface area contributed by atoms with Gasteiger partial charge in [-0.2, -0.15) is 0 Å². The minimum atomic E-state index is -0.189. The van der Waals surface area contributed by atoms with Crippen molar-refractivity contribution in [2.24, 2.45) is 0 Å². The van der Waals surface area contributed by atoms with Gasteiger partial charge in [-0.25, -0.2) is 0 Å². The molecule has 0 radical (unpaired) electrons. The summed E-state index contributed by atoms with van der Waals surface area (Å²) in [5.41, 5.74) is 1.94. The van der Waals surface area contributed by atoms with Crippen LogP contribution in [-0.2, 0) is 6.61 Å². The molecule has 0 amide bonds. The SMILES string of the molecule is Cc1ccccc1-n1nnc(CO)n1. The molecule has 2 rings (SSSR count). The Morgan fingerprint density at radius 2 is 2.14 bits per heavy atom. The molecule has 1 heterocycles. The fraction of sp³-hybridized carbons (Fsp3) is 0.222. The monoisotopic (exact) mass is 190 g/mol. The first-order valence-corrected chi connectivity index (χ1v) is 4.27. The zero-order valence-corrected chi connectivity index (χ0v) is 7.75. The number of aliphatic hydroxyl groups excluding tert-OH is 1. The van der Waals surface area contributed by atoms with Crippen molar-refractivity contribution in [1.82, 2.24) is 20.2 Å². The van der Waals surface area contributed by atoms with Gasteiger partial charge in [0.25, 0.3) is 0 Å². The minimum Gasteiger partial charge on any atom is -0.388 e. The fourth-order valence-corrected chi connectivity index (χ4v) is 1.20. The number of nitrogens with zero attached hydrogens (tertiary/aromatic N) is 4. The van der Waals surface area contributed by atoms with Crippen molar-refractivity contribution in [3.05, 3.63) is 35.7 Å². The second kappa shape index (κ2) is 3.55. The van der Waals surface area contributed by atoms with Gasteiger partial charge >= 0.3 is 0 Å². The summed E-state index contributed by atoms with van der Waals surface area (Å²) < 4.78 is 0. The normalized spacial score (nSPS) is 10.4. The Hall–Kier alpha value is -1.75. The van der Waals surface area contributed by atoms with Gasteiger partial charge in [0.05, 0.1) is 5.69 Å². The number of tetrazole rings is 1. The van der Waals surface area contributed by atoms with Gasteiger partial charge in [-0.15, -0.1) is 15.0 Å². The van der Waals surface area contributed by atoms with Gasteiger partial charge in [0.1, 0.15) is 6.61 Å². The molecule has 0 fully saturated rings. The molecule has 1 N–H and O–H groups in total. The third kappa shape index (κ3) is 1.49. The molecule has 0 saturated heterocycles. The molecule has 0 saturated carbocycles. The van der Waals surface area contributed by atoms with E-state index in [-0.39, 0.29) is 6.61 Å². The molecule has 72 valence electrons. The first-order valence-electron chi connectivity index (χ1n) is 4.27. The van der Waals surface area contributed by atoms with Crippen molar-refractivity contribution in [3.8, 4) is 5.69 Å². The summed E-state index contributed by atoms with van der Waals surface area (Å²) >= 11 is 0. The van der Waals surface area contributed by atoms with Gasteiger partial charge in [0, 0.05) is 0 Å². The molecule has 5 heteroatoms. The number of hydrogen-bond donors (Lipinski definition) is 1. The van der Waals surface area contributed by atoms with E-state index in [2.05, 4.69) is 15.4 Å². The summed E-state index contributed by atoms with van der Waals surface area (Å²) in [4.78, 5) is 1.42. The lowest BCUT2D eigenvalue weighted by molar-refractivity contribution is 0.271. The van der Waals surface area contributed by atoms with Crippen molar-refractivity contribution < 1.29 is 5.11 Å². The highest BCUT2D eigenvalue weighted by molar-refractivity contribution is 5.37. The van der Waals surface area contributed by atoms with Crippen LogP contribution in [0.4, 0.5) is 0 Å². The number of aliphatic hydroxyl groups is 1. The van der Waals surface area contributed by atoms with E-state index in [1.807, 2.05) is 31.2 Å². The molecule has 0 aliphatic rings. The Bertz CT molecular complexity index is 438. The van der Waals surface area contributed by atoms with Gasteiger partial charge < -0.3 is 5.11 Å². The third-order valence-electron chi connectivity index (χ3n) is 1.93. The highest BCUT2D eigenvalue weighted by atomic mass is 16.3. The van der Waals surface area contributed by atoms with Gasteiger partial charge in [-0.1, -0.05) is 18.2 Å². The van der Waals surface area contributed by atoms with Gasteiger partial charge in [-0.05, 0) is 23.8 Å². The van der Waals surface area contributed by atoms with E-state index in [9.17, 15) is 0 Å². The Morgan fingerprint density at radius 1 is 1.36 bits per heavy atom. The van der Waals surface area contributed by atoms with E-state index in [4.69, 9.17) is 5.11 Å². The third-order valence-corrected chi connectivity index (χ3v) is 1.93. The summed E-state index contributed by atoms with van der Waals surface area (Å²) in [6.07, 6.45) is 0. The summed E-state index contributed by atoms with van der Waals surface area (Å²) in [5.74, 6) is 0.327. The Kier molecular flexibility index (Phi) is 2.24. The molecule has 0 aliphatic carbocycles. The smallest absolute Gasteiger partial charge is 0.200 e. The lowest BCUT2D eigenvalue weighted by Gasteiger charge is -2.01. The van der Waals surface area contributed by atoms with Crippen LogP contribution in [-0.4, -0.2) is 25.3 Å². The number of aryl methyl sites for hydroxylation is 1. The molecule has 1 aromatic carbocycles. The molecular weight excluding hydrogens is 180 g/mol. The molecule has 0 unspecified atom stereocenters. The van der Waals surface area contributed by atoms with Crippen LogP contribution in [0.3, 0.4) is 0 Å². The number of rotatable bonds is 2. The number of para-hydroxylation sites is 1. The van der Waals surface area contributed by atoms with E-state index in [1.165, 1.54) is 4.80 Å². The Labute approximate surface area is 81.0 Å². The summed E-state index contributed by atoms with van der Waals surface area (Å²) in [5, 5.41) is 20.3. The molecule has 2 aromatic rings. The Balaban J connectivity index is 2.44. The van der Waals surface area contributed by atoms with Crippen LogP contribution in [0.5, 0.6) is 0 Å². The predicted octanol–water partition coefficient (Wildman–Crippen LogP) is 0.463. The average molecular weight is 190 g/mol. The van der Waals surface area contributed by atoms with E-state index < -0.39 is 0 Å². The van der Waals surface area contributed by atoms with Crippen molar-refractivity contribution in [3.63, 3.8) is 0 Å². The van der Waals surface area contributed by atoms with Crippen molar-refractivity contribution in [2.75, 3.05) is 0 Å². The summed E-state index contributed by atoms with van der Waals surface area (Å²) in [6, 6.07) is 7.72. The van der Waals surface area contributed by atoms with Gasteiger partial charge in [-0.3, -0.25) is 0 Å². The van der Waals surface area contributed by atoms with Crippen LogP contribution in [0.1, 0.15) is 11.4 Å². The topological polar surface area (TPSA) is 63.8 Å². The lowest BCUT2D eigenvalue weighted by Crippen LogP contribution is -2.01. The molecular formula is C9H10N4O. The van der Waals surface area contributed by atoms with Gasteiger partial charge in [0.15, 0.2) is 0 Å². The van der Waals surface area contributed by atoms with Gasteiger partial charge in [0.2, 0.25) is 5.82 Å². The second-order valence-corrected chi connectivity index (χ2v) is 2.94. The maximum atomic E-state index is 8.79. The quantitative estimate of drug-likeness (QED) is 0.747. The maximum absolute atomic E-state index is 8.79. The Morgan fingerprint density at radius 3 is 2.79 bits per heavy atom. The lowest BCUT2D eigenvalue weighted by atomic mass is 10.2. The van der Waals surface area contributed by atoms with Crippen molar-refractivity contribution in [2.45, 2.75) is 13.5 Å². The van der Waals surface area contributed by atoms with Crippen molar-refractivity contribution >= 4 is 0 Å². The molecule has 5 nitrogen and oxygen atoms in total. The highest BCUT2D eigenvalue weighted by Gasteiger charge is 2.04.